The summed E-state index contributed by atoms with van der Waals surface area (Å²) in [6.45, 7) is 4.21. The Hall–Kier alpha value is -3.72. The number of likely N-dealkylation sites (tertiary alicyclic amines) is 1. The van der Waals surface area contributed by atoms with E-state index in [2.05, 4.69) is 0 Å². The largest absolute Gasteiger partial charge is 0.507 e. The van der Waals surface area contributed by atoms with Gasteiger partial charge in [-0.15, -0.1) is 0 Å². The van der Waals surface area contributed by atoms with Crippen LogP contribution in [0.25, 0.3) is 5.76 Å². The van der Waals surface area contributed by atoms with Gasteiger partial charge >= 0.3 is 0 Å². The third-order valence-corrected chi connectivity index (χ3v) is 6.11. The van der Waals surface area contributed by atoms with Gasteiger partial charge in [0.15, 0.2) is 23.0 Å². The topological polar surface area (TPSA) is 97.8 Å². The zero-order chi connectivity index (χ0) is 25.8. The molecule has 36 heavy (non-hydrogen) atoms. The number of likely N-dealkylation sites (N-methyl/N-ethyl adjacent to an activating group) is 1. The Balaban J connectivity index is 1.82. The Morgan fingerprint density at radius 3 is 2.53 bits per heavy atom. The molecular weight excluding hydrogens is 464 g/mol. The number of nitrogens with zero attached hydrogens (tertiary/aromatic N) is 2. The van der Waals surface area contributed by atoms with Crippen molar-refractivity contribution >= 4 is 17.4 Å². The molecule has 2 heterocycles. The third kappa shape index (κ3) is 4.97. The second kappa shape index (κ2) is 10.9. The molecular formula is C27H32N2O7. The summed E-state index contributed by atoms with van der Waals surface area (Å²) in [4.78, 5) is 29.9. The minimum atomic E-state index is -0.799. The van der Waals surface area contributed by atoms with E-state index >= 15 is 0 Å². The van der Waals surface area contributed by atoms with Gasteiger partial charge in [-0.05, 0) is 56.4 Å². The number of Topliss-reactive ketones (excluding diaryl/α,β-unsaturated/α-hetero) is 1. The van der Waals surface area contributed by atoms with E-state index in [4.69, 9.17) is 18.9 Å². The van der Waals surface area contributed by atoms with E-state index in [-0.39, 0.29) is 11.3 Å². The third-order valence-electron chi connectivity index (χ3n) is 6.11. The van der Waals surface area contributed by atoms with E-state index < -0.39 is 17.7 Å². The molecule has 2 aromatic carbocycles. The molecule has 0 spiro atoms. The average molecular weight is 497 g/mol. The lowest BCUT2D eigenvalue weighted by molar-refractivity contribution is -0.140. The molecule has 1 amide bonds. The van der Waals surface area contributed by atoms with E-state index in [1.54, 1.807) is 36.4 Å². The van der Waals surface area contributed by atoms with Crippen LogP contribution in [0.15, 0.2) is 42.0 Å². The Kier molecular flexibility index (Phi) is 7.69. The van der Waals surface area contributed by atoms with Gasteiger partial charge < -0.3 is 33.9 Å². The molecule has 9 nitrogen and oxygen atoms in total. The van der Waals surface area contributed by atoms with Crippen molar-refractivity contribution in [1.82, 2.24) is 9.80 Å². The second-order valence-electron chi connectivity index (χ2n) is 8.91. The maximum Gasteiger partial charge on any atom is 0.295 e. The lowest BCUT2D eigenvalue weighted by atomic mass is 9.94. The highest BCUT2D eigenvalue weighted by molar-refractivity contribution is 6.46. The van der Waals surface area contributed by atoms with E-state index in [1.165, 1.54) is 12.0 Å². The molecule has 2 aromatic rings. The predicted molar refractivity (Wildman–Crippen MR) is 134 cm³/mol. The van der Waals surface area contributed by atoms with E-state index in [1.807, 2.05) is 25.9 Å². The van der Waals surface area contributed by atoms with Crippen molar-refractivity contribution in [2.24, 2.45) is 0 Å². The van der Waals surface area contributed by atoms with Crippen LogP contribution >= 0.6 is 0 Å². The van der Waals surface area contributed by atoms with E-state index in [0.717, 1.165) is 6.42 Å². The van der Waals surface area contributed by atoms with Crippen LogP contribution < -0.4 is 18.9 Å². The quantitative estimate of drug-likeness (QED) is 0.321. The van der Waals surface area contributed by atoms with Gasteiger partial charge in [-0.25, -0.2) is 0 Å². The number of hydrogen-bond donors (Lipinski definition) is 1. The van der Waals surface area contributed by atoms with Gasteiger partial charge in [0.25, 0.3) is 11.7 Å². The second-order valence-corrected chi connectivity index (χ2v) is 8.91. The minimum absolute atomic E-state index is 0.0136. The number of methoxy groups -OCH3 is 1. The number of aliphatic hydroxyl groups excluding tert-OH is 1. The Morgan fingerprint density at radius 2 is 1.83 bits per heavy atom. The van der Waals surface area contributed by atoms with Crippen LogP contribution in [-0.4, -0.2) is 80.7 Å². The molecule has 2 aliphatic heterocycles. The number of hydrogen-bond acceptors (Lipinski definition) is 8. The summed E-state index contributed by atoms with van der Waals surface area (Å²) in [7, 11) is 5.32. The predicted octanol–water partition coefficient (Wildman–Crippen LogP) is 3.24. The number of rotatable bonds is 9. The normalized spacial score (nSPS) is 18.6. The maximum absolute atomic E-state index is 13.3. The van der Waals surface area contributed by atoms with Crippen LogP contribution in [0, 0.1) is 0 Å². The van der Waals surface area contributed by atoms with Crippen molar-refractivity contribution in [2.75, 3.05) is 54.1 Å². The summed E-state index contributed by atoms with van der Waals surface area (Å²) in [5.41, 5.74) is 1.01. The molecule has 1 N–H and O–H groups in total. The number of ether oxygens (including phenoxy) is 4. The van der Waals surface area contributed by atoms with Crippen LogP contribution in [0.2, 0.25) is 0 Å². The monoisotopic (exact) mass is 496 g/mol. The number of carbonyl (C=O) groups is 2. The number of benzene rings is 2. The zero-order valence-electron chi connectivity index (χ0n) is 21.1. The lowest BCUT2D eigenvalue weighted by Crippen LogP contribution is -2.35. The Bertz CT molecular complexity index is 1170. The maximum atomic E-state index is 13.3. The van der Waals surface area contributed by atoms with Gasteiger partial charge in [0.05, 0.1) is 25.3 Å². The first-order valence-electron chi connectivity index (χ1n) is 12.0. The van der Waals surface area contributed by atoms with Crippen molar-refractivity contribution in [1.29, 1.82) is 0 Å². The van der Waals surface area contributed by atoms with Crippen LogP contribution in [0.4, 0.5) is 0 Å². The molecule has 0 bridgehead atoms. The van der Waals surface area contributed by atoms with Crippen LogP contribution in [-0.2, 0) is 9.59 Å². The molecule has 1 unspecified atom stereocenters. The van der Waals surface area contributed by atoms with Crippen LogP contribution in [0.3, 0.4) is 0 Å². The minimum Gasteiger partial charge on any atom is -0.507 e. The standard InChI is InChI=1S/C27H32N2O7/c1-5-12-34-19-8-6-17(15-21(19)33-4)24-23(26(31)27(32)29(24)11-10-28(2)3)25(30)18-7-9-20-22(16-18)36-14-13-35-20/h6-9,15-16,24,30H,5,10-14H2,1-4H3/b25-23-. The van der Waals surface area contributed by atoms with Crippen molar-refractivity contribution < 1.29 is 33.6 Å². The van der Waals surface area contributed by atoms with Crippen molar-refractivity contribution in [3.05, 3.63) is 53.1 Å². The van der Waals surface area contributed by atoms with Crippen molar-refractivity contribution in [2.45, 2.75) is 19.4 Å². The van der Waals surface area contributed by atoms with Crippen LogP contribution in [0.5, 0.6) is 23.0 Å². The average Bonchev–Trinajstić information content (AvgIpc) is 3.14. The van der Waals surface area contributed by atoms with Gasteiger partial charge in [0, 0.05) is 18.7 Å². The molecule has 4 rings (SSSR count). The molecule has 1 fully saturated rings. The van der Waals surface area contributed by atoms with E-state index in [9.17, 15) is 14.7 Å². The van der Waals surface area contributed by atoms with Crippen molar-refractivity contribution in [3.63, 3.8) is 0 Å². The summed E-state index contributed by atoms with van der Waals surface area (Å²) >= 11 is 0. The number of aliphatic hydroxyl groups is 1. The number of ketones is 1. The van der Waals surface area contributed by atoms with Gasteiger partial charge in [-0.2, -0.15) is 0 Å². The van der Waals surface area contributed by atoms with Gasteiger partial charge in [-0.3, -0.25) is 9.59 Å². The van der Waals surface area contributed by atoms with Crippen molar-refractivity contribution in [3.8, 4) is 23.0 Å². The zero-order valence-corrected chi connectivity index (χ0v) is 21.1. The molecule has 0 aliphatic carbocycles. The summed E-state index contributed by atoms with van der Waals surface area (Å²) in [6.07, 6.45) is 0.838. The summed E-state index contributed by atoms with van der Waals surface area (Å²) < 4.78 is 22.5. The lowest BCUT2D eigenvalue weighted by Gasteiger charge is -2.27. The highest BCUT2D eigenvalue weighted by Crippen LogP contribution is 2.43. The first kappa shape index (κ1) is 25.4. The van der Waals surface area contributed by atoms with Gasteiger partial charge in [0.2, 0.25) is 0 Å². The number of fused-ring (bicyclic) bond motifs is 1. The molecule has 0 saturated carbocycles. The smallest absolute Gasteiger partial charge is 0.295 e. The molecule has 192 valence electrons. The Morgan fingerprint density at radius 1 is 1.08 bits per heavy atom. The fraction of sp³-hybridized carbons (Fsp3) is 0.407. The summed E-state index contributed by atoms with van der Waals surface area (Å²) in [5, 5.41) is 11.4. The van der Waals surface area contributed by atoms with Gasteiger partial charge in [0.1, 0.15) is 19.0 Å². The van der Waals surface area contributed by atoms with Gasteiger partial charge in [-0.1, -0.05) is 13.0 Å². The fourth-order valence-corrected chi connectivity index (χ4v) is 4.30. The number of carbonyl (C=O) groups excluding carboxylic acids is 2. The fourth-order valence-electron chi connectivity index (χ4n) is 4.30. The molecule has 0 radical (unpaired) electrons. The SMILES string of the molecule is CCCOc1ccc(C2/C(=C(/O)c3ccc4c(c3)OCCO4)C(=O)C(=O)N2CCN(C)C)cc1OC. The number of amides is 1. The highest BCUT2D eigenvalue weighted by Gasteiger charge is 2.46. The molecule has 9 heteroatoms. The highest BCUT2D eigenvalue weighted by atomic mass is 16.6. The molecule has 0 aromatic heterocycles. The molecule has 2 aliphatic rings. The molecule has 1 atom stereocenters. The molecule has 1 saturated heterocycles. The Labute approximate surface area is 210 Å². The summed E-state index contributed by atoms with van der Waals surface area (Å²) in [6, 6.07) is 9.47. The summed E-state index contributed by atoms with van der Waals surface area (Å²) in [5.74, 6) is 0.422. The first-order chi connectivity index (χ1) is 17.3. The van der Waals surface area contributed by atoms with Crippen LogP contribution in [0.1, 0.15) is 30.5 Å². The van der Waals surface area contributed by atoms with E-state index in [0.29, 0.717) is 67.0 Å². The first-order valence-corrected chi connectivity index (χ1v) is 12.0.